The number of amides is 1. The second kappa shape index (κ2) is 9.93. The molecule has 206 valence electrons. The summed E-state index contributed by atoms with van der Waals surface area (Å²) in [5.74, 6) is 1.71. The van der Waals surface area contributed by atoms with Crippen molar-refractivity contribution >= 4 is 38.1 Å². The van der Waals surface area contributed by atoms with E-state index >= 15 is 0 Å². The van der Waals surface area contributed by atoms with Crippen LogP contribution in [0, 0.1) is 0 Å². The molecule has 1 unspecified atom stereocenters. The maximum absolute atomic E-state index is 12.8. The van der Waals surface area contributed by atoms with Crippen LogP contribution in [-0.4, -0.2) is 98.2 Å². The summed E-state index contributed by atoms with van der Waals surface area (Å²) >= 11 is 0. The first kappa shape index (κ1) is 25.8. The lowest BCUT2D eigenvalue weighted by Crippen LogP contribution is -2.51. The first-order valence-electron chi connectivity index (χ1n) is 13.0. The van der Waals surface area contributed by atoms with Gasteiger partial charge in [-0.3, -0.25) is 9.36 Å². The average Bonchev–Trinajstić information content (AvgIpc) is 3.46. The number of aromatic nitrogens is 6. The number of imidazole rings is 2. The summed E-state index contributed by atoms with van der Waals surface area (Å²) in [5.41, 5.74) is 3.71. The van der Waals surface area contributed by atoms with E-state index in [9.17, 15) is 13.2 Å². The normalized spacial score (nSPS) is 19.4. The fourth-order valence-corrected chi connectivity index (χ4v) is 5.92. The summed E-state index contributed by atoms with van der Waals surface area (Å²) in [6.45, 7) is 4.55. The number of hydrogen-bond acceptors (Lipinski definition) is 9. The molecule has 2 fully saturated rings. The fraction of sp³-hybridized carbons (Fsp3) is 0.480. The zero-order valence-corrected chi connectivity index (χ0v) is 23.0. The van der Waals surface area contributed by atoms with Gasteiger partial charge >= 0.3 is 0 Å². The number of sulfonamides is 1. The largest absolute Gasteiger partial charge is 0.369 e. The maximum atomic E-state index is 12.8. The minimum absolute atomic E-state index is 0.174. The Morgan fingerprint density at radius 2 is 1.92 bits per heavy atom. The number of piperazine rings is 1. The molecule has 13 nitrogen and oxygen atoms in total. The van der Waals surface area contributed by atoms with Crippen LogP contribution in [0.15, 0.2) is 24.3 Å². The quantitative estimate of drug-likeness (QED) is 0.362. The minimum Gasteiger partial charge on any atom is -0.369 e. The Morgan fingerprint density at radius 1 is 1.10 bits per heavy atom. The van der Waals surface area contributed by atoms with Crippen LogP contribution in [0.3, 0.4) is 0 Å². The van der Waals surface area contributed by atoms with Gasteiger partial charge in [0.25, 0.3) is 0 Å². The van der Waals surface area contributed by atoms with Crippen LogP contribution in [0.5, 0.6) is 0 Å². The van der Waals surface area contributed by atoms with E-state index in [0.717, 1.165) is 29.7 Å². The van der Waals surface area contributed by atoms with Gasteiger partial charge in [-0.2, -0.15) is 9.29 Å². The zero-order chi connectivity index (χ0) is 27.3. The molecule has 3 aromatic heterocycles. The van der Waals surface area contributed by atoms with Gasteiger partial charge in [-0.25, -0.2) is 23.4 Å². The Labute approximate surface area is 225 Å². The van der Waals surface area contributed by atoms with E-state index in [1.165, 1.54) is 4.31 Å². The molecule has 1 N–H and O–H groups in total. The molecule has 0 bridgehead atoms. The molecule has 0 spiro atoms. The van der Waals surface area contributed by atoms with E-state index < -0.39 is 10.0 Å². The fourth-order valence-electron chi connectivity index (χ4n) is 5.17. The third-order valence-electron chi connectivity index (χ3n) is 7.29. The van der Waals surface area contributed by atoms with Crippen molar-refractivity contribution in [1.82, 2.24) is 43.6 Å². The molecule has 39 heavy (non-hydrogen) atoms. The molecule has 6 rings (SSSR count). The minimum atomic E-state index is -3.43. The maximum Gasteiger partial charge on any atom is 0.238 e. The number of para-hydroxylation sites is 2. The van der Waals surface area contributed by atoms with Crippen molar-refractivity contribution < 1.29 is 17.9 Å². The van der Waals surface area contributed by atoms with Gasteiger partial charge in [-0.05, 0) is 12.1 Å². The molecule has 0 saturated carbocycles. The van der Waals surface area contributed by atoms with Gasteiger partial charge in [0, 0.05) is 39.6 Å². The van der Waals surface area contributed by atoms with Crippen molar-refractivity contribution in [2.75, 3.05) is 45.6 Å². The van der Waals surface area contributed by atoms with Crippen molar-refractivity contribution in [3.05, 3.63) is 41.6 Å². The predicted molar refractivity (Wildman–Crippen MR) is 144 cm³/mol. The van der Waals surface area contributed by atoms with E-state index in [1.54, 1.807) is 4.90 Å². The number of morpholine rings is 1. The van der Waals surface area contributed by atoms with Gasteiger partial charge in [-0.15, -0.1) is 0 Å². The average molecular weight is 554 g/mol. The van der Waals surface area contributed by atoms with E-state index in [4.69, 9.17) is 24.7 Å². The lowest BCUT2D eigenvalue weighted by Gasteiger charge is -2.32. The smallest absolute Gasteiger partial charge is 0.238 e. The van der Waals surface area contributed by atoms with Gasteiger partial charge in [0.2, 0.25) is 21.9 Å². The van der Waals surface area contributed by atoms with E-state index in [-0.39, 0.29) is 38.2 Å². The summed E-state index contributed by atoms with van der Waals surface area (Å²) in [7, 11) is -1.56. The molecule has 2 aliphatic rings. The number of benzene rings is 1. The first-order chi connectivity index (χ1) is 18.7. The third kappa shape index (κ3) is 4.67. The van der Waals surface area contributed by atoms with Crippen molar-refractivity contribution in [2.24, 2.45) is 7.05 Å². The zero-order valence-electron chi connectivity index (χ0n) is 22.2. The van der Waals surface area contributed by atoms with Gasteiger partial charge in [0.15, 0.2) is 5.65 Å². The summed E-state index contributed by atoms with van der Waals surface area (Å²) in [6, 6.07) is 7.90. The van der Waals surface area contributed by atoms with Crippen molar-refractivity contribution in [1.29, 1.82) is 0 Å². The van der Waals surface area contributed by atoms with Gasteiger partial charge in [0.05, 0.1) is 37.0 Å². The third-order valence-corrected chi connectivity index (χ3v) is 8.54. The highest BCUT2D eigenvalue weighted by Crippen LogP contribution is 2.29. The van der Waals surface area contributed by atoms with Crippen LogP contribution in [-0.2, 0) is 39.6 Å². The van der Waals surface area contributed by atoms with E-state index in [0.29, 0.717) is 48.2 Å². The molecule has 5 heterocycles. The van der Waals surface area contributed by atoms with Crippen molar-refractivity contribution in [3.8, 4) is 5.95 Å². The first-order valence-corrected chi connectivity index (χ1v) is 14.8. The molecule has 2 saturated heterocycles. The van der Waals surface area contributed by atoms with Crippen LogP contribution in [0.25, 0.3) is 28.1 Å². The molecule has 14 heteroatoms. The molecule has 1 amide bonds. The molecule has 2 aliphatic heterocycles. The van der Waals surface area contributed by atoms with Crippen molar-refractivity contribution in [2.45, 2.75) is 26.0 Å². The van der Waals surface area contributed by atoms with E-state index in [2.05, 4.69) is 5.32 Å². The summed E-state index contributed by atoms with van der Waals surface area (Å²) < 4.78 is 35.0. The summed E-state index contributed by atoms with van der Waals surface area (Å²) in [5, 5.41) is 3.37. The van der Waals surface area contributed by atoms with Crippen LogP contribution in [0.1, 0.15) is 30.4 Å². The predicted octanol–water partition coefficient (Wildman–Crippen LogP) is 0.529. The Bertz CT molecular complexity index is 1670. The lowest BCUT2D eigenvalue weighted by atomic mass is 10.2. The monoisotopic (exact) mass is 553 g/mol. The number of ether oxygens (including phenoxy) is 1. The molecule has 1 atom stereocenters. The summed E-state index contributed by atoms with van der Waals surface area (Å²) in [4.78, 5) is 34.1. The molecule has 1 aromatic carbocycles. The second-order valence-electron chi connectivity index (χ2n) is 9.85. The second-order valence-corrected chi connectivity index (χ2v) is 11.8. The van der Waals surface area contributed by atoms with Crippen LogP contribution in [0.4, 0.5) is 0 Å². The molecular formula is C25H31N9O4S. The molecule has 0 radical (unpaired) electrons. The topological polar surface area (TPSA) is 140 Å². The Balaban J connectivity index is 1.44. The number of nitrogens with zero attached hydrogens (tertiary/aromatic N) is 8. The van der Waals surface area contributed by atoms with E-state index in [1.807, 2.05) is 47.4 Å². The Kier molecular flexibility index (Phi) is 6.57. The molecular weight excluding hydrogens is 522 g/mol. The molecule has 4 aromatic rings. The van der Waals surface area contributed by atoms with Crippen LogP contribution >= 0.6 is 0 Å². The standard InChI is InChI=1S/C25H31N9O4S/c1-4-19-27-16-7-5-6-8-17(16)34(19)25-29-22(18-13-26-9-12-38-18)23-24(30-25)31(2)20(28-23)14-32-10-11-33(15-21(32)35)39(3,36)37/h5-8,18,26H,4,9-15H2,1-3H3. The number of aryl methyl sites for hydroxylation is 2. The highest BCUT2D eigenvalue weighted by molar-refractivity contribution is 7.88. The highest BCUT2D eigenvalue weighted by Gasteiger charge is 2.31. The van der Waals surface area contributed by atoms with Crippen LogP contribution < -0.4 is 5.32 Å². The van der Waals surface area contributed by atoms with Gasteiger partial charge < -0.3 is 19.5 Å². The van der Waals surface area contributed by atoms with Gasteiger partial charge in [-0.1, -0.05) is 19.1 Å². The number of carbonyl (C=O) groups is 1. The van der Waals surface area contributed by atoms with Crippen molar-refractivity contribution in [3.63, 3.8) is 0 Å². The number of carbonyl (C=O) groups excluding carboxylic acids is 1. The Morgan fingerprint density at radius 3 is 2.64 bits per heavy atom. The number of fused-ring (bicyclic) bond motifs is 2. The van der Waals surface area contributed by atoms with Gasteiger partial charge in [0.1, 0.15) is 29.0 Å². The SMILES string of the molecule is CCc1nc2ccccc2n1-c1nc(C2CNCCO2)c2nc(CN3CCN(S(C)(=O)=O)CC3=O)n(C)c2n1. The Hall–Kier alpha value is -3.46. The highest BCUT2D eigenvalue weighted by atomic mass is 32.2. The summed E-state index contributed by atoms with van der Waals surface area (Å²) in [6.07, 6.45) is 1.51. The number of nitrogens with one attached hydrogen (secondary N) is 1. The lowest BCUT2D eigenvalue weighted by molar-refractivity contribution is -0.134. The number of hydrogen-bond donors (Lipinski definition) is 1. The molecule has 0 aliphatic carbocycles. The number of rotatable bonds is 6. The van der Waals surface area contributed by atoms with Crippen LogP contribution in [0.2, 0.25) is 0 Å².